The molecule has 1 heterocycles. The summed E-state index contributed by atoms with van der Waals surface area (Å²) in [6.07, 6.45) is 0.675. The van der Waals surface area contributed by atoms with E-state index >= 15 is 0 Å². The Morgan fingerprint density at radius 1 is 0.970 bits per heavy atom. The fourth-order valence-electron chi connectivity index (χ4n) is 3.27. The van der Waals surface area contributed by atoms with Gasteiger partial charge in [0.1, 0.15) is 0 Å². The Morgan fingerprint density at radius 3 is 2.36 bits per heavy atom. The van der Waals surface area contributed by atoms with E-state index in [1.54, 1.807) is 42.5 Å². The molecule has 33 heavy (non-hydrogen) atoms. The topological polar surface area (TPSA) is 109 Å². The third kappa shape index (κ3) is 5.68. The van der Waals surface area contributed by atoms with Gasteiger partial charge in [0.2, 0.25) is 0 Å². The van der Waals surface area contributed by atoms with Crippen LogP contribution in [0.25, 0.3) is 10.8 Å². The summed E-state index contributed by atoms with van der Waals surface area (Å²) in [5.41, 5.74) is 0.191. The minimum atomic E-state index is -0.784. The number of aryl methyl sites for hydroxylation is 1. The highest BCUT2D eigenvalue weighted by Gasteiger charge is 2.19. The van der Waals surface area contributed by atoms with Crippen molar-refractivity contribution in [3.63, 3.8) is 0 Å². The molecule has 0 aliphatic carbocycles. The lowest BCUT2D eigenvalue weighted by Crippen LogP contribution is -2.27. The number of hydrogen-bond acceptors (Lipinski definition) is 7. The zero-order chi connectivity index (χ0) is 23.8. The number of benzene rings is 2. The van der Waals surface area contributed by atoms with E-state index in [9.17, 15) is 14.4 Å². The number of aromatic nitrogens is 2. The summed E-state index contributed by atoms with van der Waals surface area (Å²) in [5, 5.41) is 7.60. The highest BCUT2D eigenvalue weighted by Crippen LogP contribution is 2.30. The lowest BCUT2D eigenvalue weighted by atomic mass is 10.1. The van der Waals surface area contributed by atoms with E-state index in [-0.39, 0.29) is 11.3 Å². The number of fused-ring (bicyclic) bond motifs is 1. The van der Waals surface area contributed by atoms with Crippen LogP contribution in [-0.4, -0.2) is 41.5 Å². The Hall–Kier alpha value is -3.88. The van der Waals surface area contributed by atoms with Crippen LogP contribution in [-0.2, 0) is 16.1 Å². The first-order valence-corrected chi connectivity index (χ1v) is 10.8. The number of amides is 1. The summed E-state index contributed by atoms with van der Waals surface area (Å²) in [5.74, 6) is -0.235. The minimum Gasteiger partial charge on any atom is -0.490 e. The summed E-state index contributed by atoms with van der Waals surface area (Å²) in [6.45, 7) is 6.40. The molecular formula is C24H27N3O6. The second-order valence-corrected chi connectivity index (χ2v) is 7.07. The highest BCUT2D eigenvalue weighted by molar-refractivity contribution is 6.03. The van der Waals surface area contributed by atoms with Crippen LogP contribution < -0.4 is 20.3 Å². The molecule has 0 atom stereocenters. The summed E-state index contributed by atoms with van der Waals surface area (Å²) in [4.78, 5) is 37.7. The normalized spacial score (nSPS) is 10.6. The van der Waals surface area contributed by atoms with E-state index in [1.807, 2.05) is 20.8 Å². The molecule has 3 rings (SSSR count). The molecule has 0 unspecified atom stereocenters. The number of anilines is 1. The molecule has 0 radical (unpaired) electrons. The molecule has 1 aromatic heterocycles. The van der Waals surface area contributed by atoms with E-state index in [0.29, 0.717) is 54.1 Å². The molecule has 9 heteroatoms. The fourth-order valence-corrected chi connectivity index (χ4v) is 3.27. The second-order valence-electron chi connectivity index (χ2n) is 7.07. The van der Waals surface area contributed by atoms with Gasteiger partial charge in [-0.3, -0.25) is 9.59 Å². The van der Waals surface area contributed by atoms with Crippen LogP contribution in [0.2, 0.25) is 0 Å². The van der Waals surface area contributed by atoms with Crippen molar-refractivity contribution in [1.29, 1.82) is 0 Å². The van der Waals surface area contributed by atoms with Crippen molar-refractivity contribution in [1.82, 2.24) is 9.78 Å². The number of nitrogens with one attached hydrogen (secondary N) is 1. The molecule has 1 amide bonds. The van der Waals surface area contributed by atoms with Gasteiger partial charge in [-0.15, -0.1) is 0 Å². The maximum absolute atomic E-state index is 12.7. The molecule has 1 N–H and O–H groups in total. The first-order valence-electron chi connectivity index (χ1n) is 10.8. The Morgan fingerprint density at radius 2 is 1.67 bits per heavy atom. The van der Waals surface area contributed by atoms with Crippen LogP contribution in [0.15, 0.2) is 47.3 Å². The van der Waals surface area contributed by atoms with Gasteiger partial charge in [0.25, 0.3) is 11.5 Å². The Balaban J connectivity index is 1.73. The zero-order valence-corrected chi connectivity index (χ0v) is 18.9. The average Bonchev–Trinajstić information content (AvgIpc) is 2.81. The third-order valence-corrected chi connectivity index (χ3v) is 4.66. The molecule has 0 spiro atoms. The Bertz CT molecular complexity index is 1200. The molecular weight excluding hydrogens is 426 g/mol. The predicted octanol–water partition coefficient (Wildman–Crippen LogP) is 3.40. The molecule has 2 aromatic carbocycles. The number of carbonyl (C=O) groups excluding carboxylic acids is 2. The van der Waals surface area contributed by atoms with Crippen molar-refractivity contribution in [2.24, 2.45) is 0 Å². The van der Waals surface area contributed by atoms with Crippen molar-refractivity contribution in [2.75, 3.05) is 25.1 Å². The lowest BCUT2D eigenvalue weighted by molar-refractivity contribution is -0.119. The van der Waals surface area contributed by atoms with Crippen molar-refractivity contribution in [2.45, 2.75) is 33.7 Å². The summed E-state index contributed by atoms with van der Waals surface area (Å²) in [6, 6.07) is 11.7. The standard InChI is InChI=1S/C24H27N3O6/c1-4-13-27-23(29)18-10-8-7-9-17(18)22(26-27)24(30)33-15-21(28)25-16-11-12-19(31-5-2)20(14-16)32-6-3/h7-12,14H,4-6,13,15H2,1-3H3,(H,25,28). The summed E-state index contributed by atoms with van der Waals surface area (Å²) >= 11 is 0. The van der Waals surface area contributed by atoms with Gasteiger partial charge in [-0.25, -0.2) is 9.48 Å². The van der Waals surface area contributed by atoms with Crippen LogP contribution in [0, 0.1) is 0 Å². The van der Waals surface area contributed by atoms with Crippen LogP contribution >= 0.6 is 0 Å². The molecule has 3 aromatic rings. The van der Waals surface area contributed by atoms with E-state index in [1.165, 1.54) is 4.68 Å². The highest BCUT2D eigenvalue weighted by atomic mass is 16.5. The number of rotatable bonds is 10. The summed E-state index contributed by atoms with van der Waals surface area (Å²) in [7, 11) is 0. The molecule has 0 saturated heterocycles. The second kappa shape index (κ2) is 11.1. The van der Waals surface area contributed by atoms with Crippen molar-refractivity contribution < 1.29 is 23.8 Å². The predicted molar refractivity (Wildman–Crippen MR) is 124 cm³/mol. The average molecular weight is 453 g/mol. The fraction of sp³-hybridized carbons (Fsp3) is 0.333. The summed E-state index contributed by atoms with van der Waals surface area (Å²) < 4.78 is 17.5. The number of esters is 1. The first-order chi connectivity index (χ1) is 16.0. The van der Waals surface area contributed by atoms with E-state index in [2.05, 4.69) is 10.4 Å². The van der Waals surface area contributed by atoms with E-state index in [4.69, 9.17) is 14.2 Å². The quantitative estimate of drug-likeness (QED) is 0.469. The van der Waals surface area contributed by atoms with Gasteiger partial charge in [0, 0.05) is 23.7 Å². The van der Waals surface area contributed by atoms with Crippen LogP contribution in [0.5, 0.6) is 11.5 Å². The molecule has 0 aliphatic rings. The van der Waals surface area contributed by atoms with E-state index < -0.39 is 18.5 Å². The molecule has 0 bridgehead atoms. The van der Waals surface area contributed by atoms with E-state index in [0.717, 1.165) is 0 Å². The van der Waals surface area contributed by atoms with Gasteiger partial charge in [-0.05, 0) is 38.5 Å². The number of ether oxygens (including phenoxy) is 3. The molecule has 9 nitrogen and oxygen atoms in total. The number of nitrogens with zero attached hydrogens (tertiary/aromatic N) is 2. The van der Waals surface area contributed by atoms with Gasteiger partial charge < -0.3 is 19.5 Å². The SMILES string of the molecule is CCCn1nc(C(=O)OCC(=O)Nc2ccc(OCC)c(OCC)c2)c2ccccc2c1=O. The maximum Gasteiger partial charge on any atom is 0.359 e. The number of hydrogen-bond donors (Lipinski definition) is 1. The molecule has 174 valence electrons. The van der Waals surface area contributed by atoms with Gasteiger partial charge in [-0.1, -0.05) is 25.1 Å². The van der Waals surface area contributed by atoms with Crippen molar-refractivity contribution in [3.8, 4) is 11.5 Å². The maximum atomic E-state index is 12.7. The van der Waals surface area contributed by atoms with Gasteiger partial charge in [-0.2, -0.15) is 5.10 Å². The zero-order valence-electron chi connectivity index (χ0n) is 18.9. The van der Waals surface area contributed by atoms with Crippen molar-refractivity contribution >= 4 is 28.3 Å². The van der Waals surface area contributed by atoms with Gasteiger partial charge in [0.15, 0.2) is 23.8 Å². The molecule has 0 aliphatic heterocycles. The monoisotopic (exact) mass is 453 g/mol. The largest absolute Gasteiger partial charge is 0.490 e. The van der Waals surface area contributed by atoms with Gasteiger partial charge >= 0.3 is 5.97 Å². The van der Waals surface area contributed by atoms with Crippen LogP contribution in [0.3, 0.4) is 0 Å². The smallest absolute Gasteiger partial charge is 0.359 e. The lowest BCUT2D eigenvalue weighted by Gasteiger charge is -2.13. The van der Waals surface area contributed by atoms with Gasteiger partial charge in [0.05, 0.1) is 18.6 Å². The molecule has 0 fully saturated rings. The first kappa shape index (κ1) is 23.8. The molecule has 0 saturated carbocycles. The third-order valence-electron chi connectivity index (χ3n) is 4.66. The minimum absolute atomic E-state index is 0.00820. The van der Waals surface area contributed by atoms with Crippen LogP contribution in [0.4, 0.5) is 5.69 Å². The van der Waals surface area contributed by atoms with Crippen molar-refractivity contribution in [3.05, 3.63) is 58.5 Å². The number of carbonyl (C=O) groups is 2. The van der Waals surface area contributed by atoms with Crippen LogP contribution in [0.1, 0.15) is 37.7 Å². The Kier molecular flexibility index (Phi) is 8.01. The Labute approximate surface area is 191 Å².